The number of rotatable bonds is 3. The second-order valence-electron chi connectivity index (χ2n) is 5.77. The molecule has 5 nitrogen and oxygen atoms in total. The molecule has 1 amide bonds. The molecule has 6 heteroatoms. The van der Waals surface area contributed by atoms with Crippen LogP contribution in [0.1, 0.15) is 18.4 Å². The summed E-state index contributed by atoms with van der Waals surface area (Å²) in [5.74, 6) is -0.984. The zero-order valence-corrected chi connectivity index (χ0v) is 12.1. The highest BCUT2D eigenvalue weighted by atomic mass is 19.1. The molecule has 0 aliphatic heterocycles. The van der Waals surface area contributed by atoms with Crippen LogP contribution in [0.3, 0.4) is 0 Å². The Kier molecular flexibility index (Phi) is 2.87. The van der Waals surface area contributed by atoms with E-state index in [1.807, 2.05) is 0 Å². The normalized spacial score (nSPS) is 15.5. The maximum absolute atomic E-state index is 13.1. The van der Waals surface area contributed by atoms with Crippen LogP contribution in [0.25, 0.3) is 11.1 Å². The van der Waals surface area contributed by atoms with Crippen LogP contribution in [0.2, 0.25) is 0 Å². The van der Waals surface area contributed by atoms with Gasteiger partial charge in [0.2, 0.25) is 5.91 Å². The Morgan fingerprint density at radius 2 is 1.91 bits per heavy atom. The molecule has 0 radical (unpaired) electrons. The number of carbonyl (C=O) groups is 1. The Morgan fingerprint density at radius 1 is 1.17 bits per heavy atom. The van der Waals surface area contributed by atoms with E-state index in [4.69, 9.17) is 4.42 Å². The van der Waals surface area contributed by atoms with Crippen molar-refractivity contribution in [2.24, 2.45) is 0 Å². The molecule has 0 atom stereocenters. The number of hydrogen-bond acceptors (Lipinski definition) is 3. The summed E-state index contributed by atoms with van der Waals surface area (Å²) < 4.78 is 18.0. The summed E-state index contributed by atoms with van der Waals surface area (Å²) in [7, 11) is 0. The summed E-state index contributed by atoms with van der Waals surface area (Å²) in [6.45, 7) is 0. The molecule has 1 aliphatic rings. The van der Waals surface area contributed by atoms with Gasteiger partial charge in [-0.05, 0) is 48.7 Å². The number of amides is 1. The van der Waals surface area contributed by atoms with Gasteiger partial charge in [0, 0.05) is 5.69 Å². The highest BCUT2D eigenvalue weighted by Crippen LogP contribution is 2.49. The first kappa shape index (κ1) is 13.8. The number of nitrogens with one attached hydrogen (secondary N) is 2. The maximum atomic E-state index is 13.1. The Hall–Kier alpha value is -2.89. The maximum Gasteiger partial charge on any atom is 0.417 e. The van der Waals surface area contributed by atoms with Gasteiger partial charge in [0.25, 0.3) is 0 Å². The first-order valence-electron chi connectivity index (χ1n) is 7.27. The number of aromatic amines is 1. The lowest BCUT2D eigenvalue weighted by Gasteiger charge is -2.15. The molecule has 1 heterocycles. The van der Waals surface area contributed by atoms with E-state index in [-0.39, 0.29) is 11.7 Å². The van der Waals surface area contributed by atoms with E-state index in [2.05, 4.69) is 10.3 Å². The summed E-state index contributed by atoms with van der Waals surface area (Å²) >= 11 is 0. The molecule has 1 fully saturated rings. The van der Waals surface area contributed by atoms with E-state index < -0.39 is 11.2 Å². The second-order valence-corrected chi connectivity index (χ2v) is 5.77. The predicted octanol–water partition coefficient (Wildman–Crippen LogP) is 2.93. The molecule has 1 aromatic heterocycles. The molecule has 4 rings (SSSR count). The molecule has 116 valence electrons. The predicted molar refractivity (Wildman–Crippen MR) is 82.8 cm³/mol. The molecule has 23 heavy (non-hydrogen) atoms. The molecule has 0 unspecified atom stereocenters. The Morgan fingerprint density at radius 3 is 2.61 bits per heavy atom. The van der Waals surface area contributed by atoms with Crippen molar-refractivity contribution in [3.8, 4) is 0 Å². The van der Waals surface area contributed by atoms with Gasteiger partial charge in [-0.25, -0.2) is 9.18 Å². The standard InChI is InChI=1S/C17H13FN2O3/c18-11-3-1-10(2-4-11)17(7-8-17)15(21)19-12-5-6-14-13(9-12)20-16(22)23-14/h1-6,9H,7-8H2,(H,19,21)(H,20,22). The van der Waals surface area contributed by atoms with Crippen LogP contribution in [0.4, 0.5) is 10.1 Å². The van der Waals surface area contributed by atoms with Gasteiger partial charge < -0.3 is 9.73 Å². The van der Waals surface area contributed by atoms with Gasteiger partial charge in [-0.2, -0.15) is 0 Å². The summed E-state index contributed by atoms with van der Waals surface area (Å²) in [6, 6.07) is 11.0. The van der Waals surface area contributed by atoms with Crippen LogP contribution < -0.4 is 11.1 Å². The number of hydrogen-bond donors (Lipinski definition) is 2. The Labute approximate surface area is 130 Å². The highest BCUT2D eigenvalue weighted by Gasteiger charge is 2.51. The fraction of sp³-hybridized carbons (Fsp3) is 0.176. The van der Waals surface area contributed by atoms with Gasteiger partial charge in [-0.1, -0.05) is 12.1 Å². The summed E-state index contributed by atoms with van der Waals surface area (Å²) in [4.78, 5) is 26.3. The van der Waals surface area contributed by atoms with Crippen molar-refractivity contribution in [3.63, 3.8) is 0 Å². The zero-order chi connectivity index (χ0) is 16.0. The van der Waals surface area contributed by atoms with Crippen molar-refractivity contribution in [2.45, 2.75) is 18.3 Å². The van der Waals surface area contributed by atoms with Gasteiger partial charge in [-0.3, -0.25) is 9.78 Å². The molecule has 3 aromatic rings. The highest BCUT2D eigenvalue weighted by molar-refractivity contribution is 6.02. The molecular weight excluding hydrogens is 299 g/mol. The van der Waals surface area contributed by atoms with Crippen molar-refractivity contribution < 1.29 is 13.6 Å². The molecule has 1 saturated carbocycles. The van der Waals surface area contributed by atoms with Crippen LogP contribution in [-0.2, 0) is 10.2 Å². The molecule has 2 aromatic carbocycles. The first-order chi connectivity index (χ1) is 11.1. The quantitative estimate of drug-likeness (QED) is 0.781. The number of benzene rings is 2. The van der Waals surface area contributed by atoms with Gasteiger partial charge in [0.1, 0.15) is 5.82 Å². The lowest BCUT2D eigenvalue weighted by molar-refractivity contribution is -0.118. The van der Waals surface area contributed by atoms with Crippen LogP contribution in [0, 0.1) is 5.82 Å². The average Bonchev–Trinajstić information content (AvgIpc) is 3.25. The van der Waals surface area contributed by atoms with E-state index >= 15 is 0 Å². The van der Waals surface area contributed by atoms with E-state index in [0.29, 0.717) is 16.8 Å². The number of carbonyl (C=O) groups excluding carboxylic acids is 1. The van der Waals surface area contributed by atoms with Crippen molar-refractivity contribution in [2.75, 3.05) is 5.32 Å². The summed E-state index contributed by atoms with van der Waals surface area (Å²) in [6.07, 6.45) is 1.46. The molecule has 2 N–H and O–H groups in total. The van der Waals surface area contributed by atoms with Crippen molar-refractivity contribution in [3.05, 3.63) is 64.4 Å². The third kappa shape index (κ3) is 2.32. The molecular formula is C17H13FN2O3. The largest absolute Gasteiger partial charge is 0.417 e. The molecule has 1 aliphatic carbocycles. The second kappa shape index (κ2) is 4.81. The zero-order valence-electron chi connectivity index (χ0n) is 12.1. The smallest absolute Gasteiger partial charge is 0.408 e. The molecule has 0 spiro atoms. The van der Waals surface area contributed by atoms with E-state index in [9.17, 15) is 14.0 Å². The minimum absolute atomic E-state index is 0.130. The van der Waals surface area contributed by atoms with E-state index in [1.165, 1.54) is 12.1 Å². The minimum Gasteiger partial charge on any atom is -0.408 e. The van der Waals surface area contributed by atoms with Crippen LogP contribution in [0.15, 0.2) is 51.7 Å². The summed E-state index contributed by atoms with van der Waals surface area (Å²) in [5.41, 5.74) is 1.76. The van der Waals surface area contributed by atoms with Gasteiger partial charge in [-0.15, -0.1) is 0 Å². The number of oxazole rings is 1. The monoisotopic (exact) mass is 312 g/mol. The van der Waals surface area contributed by atoms with Crippen molar-refractivity contribution in [1.82, 2.24) is 4.98 Å². The third-order valence-corrected chi connectivity index (χ3v) is 4.26. The topological polar surface area (TPSA) is 75.1 Å². The van der Waals surface area contributed by atoms with Gasteiger partial charge in [0.05, 0.1) is 10.9 Å². The lowest BCUT2D eigenvalue weighted by Crippen LogP contribution is -2.27. The average molecular weight is 312 g/mol. The van der Waals surface area contributed by atoms with Crippen LogP contribution in [-0.4, -0.2) is 10.9 Å². The summed E-state index contributed by atoms with van der Waals surface area (Å²) in [5, 5.41) is 2.86. The van der Waals surface area contributed by atoms with E-state index in [1.54, 1.807) is 30.3 Å². The SMILES string of the molecule is O=C(Nc1ccc2oc(=O)[nH]c2c1)C1(c2ccc(F)cc2)CC1. The van der Waals surface area contributed by atoms with Gasteiger partial charge >= 0.3 is 5.76 Å². The van der Waals surface area contributed by atoms with Crippen LogP contribution in [0.5, 0.6) is 0 Å². The van der Waals surface area contributed by atoms with Crippen molar-refractivity contribution in [1.29, 1.82) is 0 Å². The number of anilines is 1. The van der Waals surface area contributed by atoms with Crippen molar-refractivity contribution >= 4 is 22.7 Å². The number of H-pyrrole nitrogens is 1. The van der Waals surface area contributed by atoms with Gasteiger partial charge in [0.15, 0.2) is 5.58 Å². The number of aromatic nitrogens is 1. The fourth-order valence-electron chi connectivity index (χ4n) is 2.82. The van der Waals surface area contributed by atoms with Crippen LogP contribution >= 0.6 is 0 Å². The number of fused-ring (bicyclic) bond motifs is 1. The molecule has 0 bridgehead atoms. The van der Waals surface area contributed by atoms with E-state index in [0.717, 1.165) is 18.4 Å². The Bertz CT molecular complexity index is 952. The lowest BCUT2D eigenvalue weighted by atomic mass is 9.95. The number of halogens is 1. The third-order valence-electron chi connectivity index (χ3n) is 4.26. The fourth-order valence-corrected chi connectivity index (χ4v) is 2.82. The minimum atomic E-state index is -0.591. The molecule has 0 saturated heterocycles. The Balaban J connectivity index is 1.61. The first-order valence-corrected chi connectivity index (χ1v) is 7.27.